The van der Waals surface area contributed by atoms with Gasteiger partial charge in [0, 0.05) is 23.3 Å². The molecule has 3 aromatic rings. The molecule has 0 aliphatic carbocycles. The van der Waals surface area contributed by atoms with Crippen LogP contribution in [-0.2, 0) is 4.74 Å². The van der Waals surface area contributed by atoms with Crippen molar-refractivity contribution < 1.29 is 14.3 Å². The summed E-state index contributed by atoms with van der Waals surface area (Å²) in [7, 11) is 1.21. The van der Waals surface area contributed by atoms with E-state index in [1.807, 2.05) is 12.1 Å². The zero-order valence-corrected chi connectivity index (χ0v) is 12.2. The van der Waals surface area contributed by atoms with Crippen LogP contribution in [0.5, 0.6) is 0 Å². The number of amides is 2. The molecule has 8 heteroatoms. The van der Waals surface area contributed by atoms with E-state index >= 15 is 0 Å². The molecule has 0 aliphatic heterocycles. The maximum absolute atomic E-state index is 12.0. The van der Waals surface area contributed by atoms with Gasteiger partial charge in [-0.3, -0.25) is 15.2 Å². The zero-order valence-electron chi connectivity index (χ0n) is 12.2. The van der Waals surface area contributed by atoms with Gasteiger partial charge in [-0.15, -0.1) is 0 Å². The molecular formula is C15H13N5O3. The van der Waals surface area contributed by atoms with Crippen molar-refractivity contribution in [1.82, 2.24) is 25.6 Å². The van der Waals surface area contributed by atoms with E-state index in [-0.39, 0.29) is 0 Å². The summed E-state index contributed by atoms with van der Waals surface area (Å²) in [5.74, 6) is -0.452. The Hall–Kier alpha value is -3.42. The van der Waals surface area contributed by atoms with Crippen molar-refractivity contribution in [2.75, 3.05) is 7.11 Å². The molecule has 2 amide bonds. The van der Waals surface area contributed by atoms with Crippen molar-refractivity contribution in [3.8, 4) is 5.69 Å². The number of fused-ring (bicyclic) bond motifs is 1. The van der Waals surface area contributed by atoms with Crippen LogP contribution in [0.4, 0.5) is 4.79 Å². The highest BCUT2D eigenvalue weighted by Crippen LogP contribution is 2.17. The molecule has 2 N–H and O–H groups in total. The number of ether oxygens (including phenoxy) is 1. The second kappa shape index (κ2) is 6.14. The molecule has 0 saturated heterocycles. The first kappa shape index (κ1) is 14.5. The van der Waals surface area contributed by atoms with E-state index in [2.05, 4.69) is 25.7 Å². The molecular weight excluding hydrogens is 298 g/mol. The van der Waals surface area contributed by atoms with E-state index in [1.54, 1.807) is 41.5 Å². The molecule has 0 unspecified atom stereocenters. The third kappa shape index (κ3) is 3.10. The van der Waals surface area contributed by atoms with Crippen molar-refractivity contribution in [1.29, 1.82) is 0 Å². The van der Waals surface area contributed by atoms with Gasteiger partial charge in [0.05, 0.1) is 24.5 Å². The summed E-state index contributed by atoms with van der Waals surface area (Å²) in [4.78, 5) is 27.0. The normalized spacial score (nSPS) is 10.3. The number of methoxy groups -OCH3 is 1. The largest absolute Gasteiger partial charge is 0.452 e. The lowest BCUT2D eigenvalue weighted by Crippen LogP contribution is -2.41. The number of rotatable bonds is 2. The van der Waals surface area contributed by atoms with E-state index < -0.39 is 12.0 Å². The Morgan fingerprint density at radius 2 is 2.09 bits per heavy atom. The van der Waals surface area contributed by atoms with Gasteiger partial charge < -0.3 is 4.74 Å². The van der Waals surface area contributed by atoms with Gasteiger partial charge in [-0.2, -0.15) is 5.10 Å². The van der Waals surface area contributed by atoms with Gasteiger partial charge in [-0.25, -0.2) is 14.9 Å². The van der Waals surface area contributed by atoms with Crippen molar-refractivity contribution in [3.63, 3.8) is 0 Å². The minimum Gasteiger partial charge on any atom is -0.452 e. The van der Waals surface area contributed by atoms with Crippen LogP contribution in [0.15, 0.2) is 48.9 Å². The summed E-state index contributed by atoms with van der Waals surface area (Å²) in [6.45, 7) is 0. The Labute approximate surface area is 131 Å². The number of carbonyl (C=O) groups is 2. The fraction of sp³-hybridized carbons (Fsp3) is 0.0667. The molecule has 0 radical (unpaired) electrons. The smallest absolute Gasteiger partial charge is 0.425 e. The molecule has 8 nitrogen and oxygen atoms in total. The molecule has 0 aliphatic rings. The summed E-state index contributed by atoms with van der Waals surface area (Å²) in [6, 6.07) is 8.74. The molecule has 23 heavy (non-hydrogen) atoms. The van der Waals surface area contributed by atoms with Crippen LogP contribution in [-0.4, -0.2) is 33.9 Å². The zero-order chi connectivity index (χ0) is 16.2. The first-order valence-corrected chi connectivity index (χ1v) is 6.71. The predicted octanol–water partition coefficient (Wildman–Crippen LogP) is 1.42. The second-order valence-electron chi connectivity index (χ2n) is 4.63. The van der Waals surface area contributed by atoms with Gasteiger partial charge in [0.2, 0.25) is 0 Å². The molecule has 0 atom stereocenters. The van der Waals surface area contributed by atoms with Crippen molar-refractivity contribution in [2.45, 2.75) is 0 Å². The van der Waals surface area contributed by atoms with E-state index in [0.717, 1.165) is 16.6 Å². The highest BCUT2D eigenvalue weighted by Gasteiger charge is 2.10. The summed E-state index contributed by atoms with van der Waals surface area (Å²) in [5, 5.41) is 5.22. The number of aromatic nitrogens is 3. The number of nitrogens with one attached hydrogen (secondary N) is 2. The maximum Gasteiger partial charge on any atom is 0.425 e. The average Bonchev–Trinajstić information content (AvgIpc) is 3.03. The topological polar surface area (TPSA) is 98.1 Å². The number of pyridine rings is 1. The summed E-state index contributed by atoms with van der Waals surface area (Å²) in [5.41, 5.74) is 6.32. The van der Waals surface area contributed by atoms with Gasteiger partial charge in [0.25, 0.3) is 5.91 Å². The lowest BCUT2D eigenvalue weighted by Gasteiger charge is -2.05. The molecule has 1 aromatic carbocycles. The van der Waals surface area contributed by atoms with E-state index in [1.165, 1.54) is 7.11 Å². The molecule has 116 valence electrons. The van der Waals surface area contributed by atoms with Gasteiger partial charge in [-0.1, -0.05) is 0 Å². The molecule has 3 rings (SSSR count). The minimum absolute atomic E-state index is 0.389. The third-order valence-electron chi connectivity index (χ3n) is 3.14. The molecule has 2 aromatic heterocycles. The third-order valence-corrected chi connectivity index (χ3v) is 3.14. The van der Waals surface area contributed by atoms with Crippen LogP contribution >= 0.6 is 0 Å². The summed E-state index contributed by atoms with van der Waals surface area (Å²) >= 11 is 0. The Bertz CT molecular complexity index is 860. The van der Waals surface area contributed by atoms with E-state index in [0.29, 0.717) is 5.56 Å². The SMILES string of the molecule is COC(=O)NNC(=O)c1ccc2nn(-c3cccnc3)cc2c1. The van der Waals surface area contributed by atoms with Crippen LogP contribution in [0.1, 0.15) is 10.4 Å². The lowest BCUT2D eigenvalue weighted by molar-refractivity contribution is 0.0921. The van der Waals surface area contributed by atoms with Crippen molar-refractivity contribution in [3.05, 3.63) is 54.5 Å². The van der Waals surface area contributed by atoms with Gasteiger partial charge >= 0.3 is 6.09 Å². The van der Waals surface area contributed by atoms with Crippen LogP contribution in [0, 0.1) is 0 Å². The molecule has 0 spiro atoms. The number of carbonyl (C=O) groups excluding carboxylic acids is 2. The Kier molecular flexibility index (Phi) is 3.88. The number of hydrogen-bond donors (Lipinski definition) is 2. The molecule has 0 bridgehead atoms. The first-order valence-electron chi connectivity index (χ1n) is 6.71. The Morgan fingerprint density at radius 1 is 1.22 bits per heavy atom. The number of hydrogen-bond acceptors (Lipinski definition) is 5. The maximum atomic E-state index is 12.0. The van der Waals surface area contributed by atoms with E-state index in [9.17, 15) is 9.59 Å². The fourth-order valence-corrected chi connectivity index (χ4v) is 2.02. The lowest BCUT2D eigenvalue weighted by atomic mass is 10.1. The van der Waals surface area contributed by atoms with E-state index in [4.69, 9.17) is 0 Å². The Balaban J connectivity index is 1.85. The average molecular weight is 311 g/mol. The Morgan fingerprint density at radius 3 is 2.83 bits per heavy atom. The highest BCUT2D eigenvalue weighted by atomic mass is 16.5. The molecule has 0 saturated carbocycles. The fourth-order valence-electron chi connectivity index (χ4n) is 2.02. The number of nitrogens with zero attached hydrogens (tertiary/aromatic N) is 3. The highest BCUT2D eigenvalue weighted by molar-refractivity contribution is 5.98. The monoisotopic (exact) mass is 311 g/mol. The second-order valence-corrected chi connectivity index (χ2v) is 4.63. The van der Waals surface area contributed by atoms with Crippen LogP contribution in [0.2, 0.25) is 0 Å². The number of hydrazine groups is 1. The van der Waals surface area contributed by atoms with Gasteiger partial charge in [0.1, 0.15) is 0 Å². The van der Waals surface area contributed by atoms with Crippen molar-refractivity contribution >= 4 is 22.9 Å². The number of benzene rings is 1. The minimum atomic E-state index is -0.746. The first-order chi connectivity index (χ1) is 11.2. The van der Waals surface area contributed by atoms with Gasteiger partial charge in [-0.05, 0) is 30.3 Å². The van der Waals surface area contributed by atoms with Crippen LogP contribution in [0.3, 0.4) is 0 Å². The summed E-state index contributed by atoms with van der Waals surface area (Å²) < 4.78 is 6.06. The molecule has 2 heterocycles. The van der Waals surface area contributed by atoms with Gasteiger partial charge in [0.15, 0.2) is 0 Å². The predicted molar refractivity (Wildman–Crippen MR) is 81.9 cm³/mol. The quantitative estimate of drug-likeness (QED) is 0.698. The van der Waals surface area contributed by atoms with Crippen LogP contribution in [0.25, 0.3) is 16.6 Å². The van der Waals surface area contributed by atoms with Crippen molar-refractivity contribution in [2.24, 2.45) is 0 Å². The van der Waals surface area contributed by atoms with Crippen LogP contribution < -0.4 is 10.9 Å². The summed E-state index contributed by atoms with van der Waals surface area (Å²) in [6.07, 6.45) is 4.43. The standard InChI is InChI=1S/C15H13N5O3/c1-23-15(22)18-17-14(21)10-4-5-13-11(7-10)9-20(19-13)12-3-2-6-16-8-12/h2-9H,1H3,(H,17,21)(H,18,22). The molecule has 0 fully saturated rings.